The number of hydrogen-bond donors (Lipinski definition) is 0. The first-order chi connectivity index (χ1) is 9.06. The summed E-state index contributed by atoms with van der Waals surface area (Å²) in [5.41, 5.74) is 1.35. The molecule has 0 aromatic heterocycles. The van der Waals surface area contributed by atoms with E-state index in [2.05, 4.69) is 44.7 Å². The Morgan fingerprint density at radius 1 is 1.32 bits per heavy atom. The van der Waals surface area contributed by atoms with Crippen molar-refractivity contribution in [3.05, 3.63) is 48.6 Å². The highest BCUT2D eigenvalue weighted by Crippen LogP contribution is 2.35. The van der Waals surface area contributed by atoms with Crippen LogP contribution in [0.2, 0.25) is 0 Å². The number of hydrogen-bond acceptors (Lipinski definition) is 3. The van der Waals surface area contributed by atoms with Crippen LogP contribution in [0.4, 0.5) is 0 Å². The van der Waals surface area contributed by atoms with Crippen molar-refractivity contribution in [3.8, 4) is 0 Å². The number of esters is 1. The van der Waals surface area contributed by atoms with Crippen molar-refractivity contribution in [1.29, 1.82) is 0 Å². The number of thioether (sulfide) groups is 1. The van der Waals surface area contributed by atoms with Crippen LogP contribution in [0.3, 0.4) is 0 Å². The van der Waals surface area contributed by atoms with E-state index in [9.17, 15) is 4.79 Å². The van der Waals surface area contributed by atoms with E-state index in [4.69, 9.17) is 4.74 Å². The van der Waals surface area contributed by atoms with Gasteiger partial charge in [0, 0.05) is 10.8 Å². The second kappa shape index (κ2) is 8.05. The second-order valence-corrected chi connectivity index (χ2v) is 6.52. The molecule has 1 rings (SSSR count). The highest BCUT2D eigenvalue weighted by atomic mass is 32.2. The van der Waals surface area contributed by atoms with Gasteiger partial charge in [-0.25, -0.2) is 4.79 Å². The summed E-state index contributed by atoms with van der Waals surface area (Å²) >= 11 is 1.94. The Kier molecular flexibility index (Phi) is 6.71. The molecular formula is C16H22O2S. The molecule has 104 valence electrons. The van der Waals surface area contributed by atoms with E-state index in [1.807, 2.05) is 17.8 Å². The quantitative estimate of drug-likeness (QED) is 0.406. The van der Waals surface area contributed by atoms with E-state index in [0.29, 0.717) is 6.61 Å². The first-order valence-electron chi connectivity index (χ1n) is 6.55. The zero-order valence-electron chi connectivity index (χ0n) is 11.7. The van der Waals surface area contributed by atoms with Gasteiger partial charge in [0.25, 0.3) is 0 Å². The first-order valence-corrected chi connectivity index (χ1v) is 7.53. The minimum Gasteiger partial charge on any atom is -0.463 e. The predicted molar refractivity (Wildman–Crippen MR) is 82.3 cm³/mol. The van der Waals surface area contributed by atoms with Gasteiger partial charge in [0.2, 0.25) is 0 Å². The van der Waals surface area contributed by atoms with Crippen LogP contribution in [0.15, 0.2) is 43.0 Å². The van der Waals surface area contributed by atoms with Crippen molar-refractivity contribution in [2.75, 3.05) is 12.4 Å². The third-order valence-corrected chi connectivity index (χ3v) is 4.33. The second-order valence-electron chi connectivity index (χ2n) is 4.80. The summed E-state index contributed by atoms with van der Waals surface area (Å²) in [7, 11) is 0. The van der Waals surface area contributed by atoms with Crippen LogP contribution in [-0.4, -0.2) is 18.3 Å². The fraction of sp³-hybridized carbons (Fsp3) is 0.438. The molecular weight excluding hydrogens is 256 g/mol. The van der Waals surface area contributed by atoms with Gasteiger partial charge in [-0.2, -0.15) is 11.8 Å². The van der Waals surface area contributed by atoms with E-state index in [1.165, 1.54) is 11.6 Å². The number of rotatable bonds is 8. The van der Waals surface area contributed by atoms with Crippen LogP contribution in [0.5, 0.6) is 0 Å². The summed E-state index contributed by atoms with van der Waals surface area (Å²) in [6.45, 7) is 8.33. The van der Waals surface area contributed by atoms with Crippen LogP contribution in [-0.2, 0) is 14.3 Å². The number of unbranched alkanes of at least 4 members (excludes halogenated alkanes) is 1. The lowest BCUT2D eigenvalue weighted by Crippen LogP contribution is -2.12. The normalized spacial score (nSPS) is 11.1. The van der Waals surface area contributed by atoms with Crippen LogP contribution in [0.25, 0.3) is 0 Å². The maximum Gasteiger partial charge on any atom is 0.330 e. The van der Waals surface area contributed by atoms with Gasteiger partial charge in [-0.1, -0.05) is 36.9 Å². The van der Waals surface area contributed by atoms with E-state index in [-0.39, 0.29) is 10.7 Å². The Bertz CT molecular complexity index is 398. The van der Waals surface area contributed by atoms with Crippen molar-refractivity contribution in [2.45, 2.75) is 31.4 Å². The largest absolute Gasteiger partial charge is 0.463 e. The zero-order chi connectivity index (χ0) is 14.1. The molecule has 0 aliphatic rings. The van der Waals surface area contributed by atoms with E-state index < -0.39 is 0 Å². The molecule has 0 aliphatic heterocycles. The Morgan fingerprint density at radius 3 is 2.63 bits per heavy atom. The predicted octanol–water partition coefficient (Wildman–Crippen LogP) is 4.16. The standard InChI is InChI=1S/C16H22O2S/c1-4-15(17)18-12-8-9-13-19-16(2,3)14-10-6-5-7-11-14/h4-7,10-11H,1,8-9,12-13H2,2-3H3. The van der Waals surface area contributed by atoms with Crippen LogP contribution >= 0.6 is 11.8 Å². The molecule has 0 heterocycles. The molecule has 3 heteroatoms. The number of ether oxygens (including phenoxy) is 1. The van der Waals surface area contributed by atoms with E-state index >= 15 is 0 Å². The van der Waals surface area contributed by atoms with Crippen molar-refractivity contribution in [3.63, 3.8) is 0 Å². The van der Waals surface area contributed by atoms with Gasteiger partial charge in [0.1, 0.15) is 0 Å². The van der Waals surface area contributed by atoms with Gasteiger partial charge in [-0.3, -0.25) is 0 Å². The molecule has 0 bridgehead atoms. The Balaban J connectivity index is 2.22. The molecule has 0 aliphatic carbocycles. The average Bonchev–Trinajstić information content (AvgIpc) is 2.43. The summed E-state index contributed by atoms with van der Waals surface area (Å²) in [5.74, 6) is 0.727. The summed E-state index contributed by atoms with van der Waals surface area (Å²) in [6, 6.07) is 10.5. The molecule has 0 unspecified atom stereocenters. The van der Waals surface area contributed by atoms with Crippen LogP contribution in [0, 0.1) is 0 Å². The van der Waals surface area contributed by atoms with Crippen molar-refractivity contribution >= 4 is 17.7 Å². The minimum atomic E-state index is -0.336. The average molecular weight is 278 g/mol. The Labute approximate surface area is 120 Å². The molecule has 0 atom stereocenters. The summed E-state index contributed by atoms with van der Waals surface area (Å²) in [4.78, 5) is 10.8. The molecule has 0 N–H and O–H groups in total. The topological polar surface area (TPSA) is 26.3 Å². The third-order valence-electron chi connectivity index (χ3n) is 2.88. The van der Waals surface area contributed by atoms with Gasteiger partial charge in [0.05, 0.1) is 6.61 Å². The SMILES string of the molecule is C=CC(=O)OCCCCSC(C)(C)c1ccccc1. The summed E-state index contributed by atoms with van der Waals surface area (Å²) in [5, 5.41) is 0. The molecule has 1 aromatic carbocycles. The third kappa shape index (κ3) is 5.97. The summed E-state index contributed by atoms with van der Waals surface area (Å²) in [6.07, 6.45) is 3.15. The molecule has 1 aromatic rings. The van der Waals surface area contributed by atoms with Gasteiger partial charge in [0.15, 0.2) is 0 Å². The van der Waals surface area contributed by atoms with Crippen molar-refractivity contribution in [1.82, 2.24) is 0 Å². The Hall–Kier alpha value is -1.22. The fourth-order valence-corrected chi connectivity index (χ4v) is 2.85. The smallest absolute Gasteiger partial charge is 0.330 e. The minimum absolute atomic E-state index is 0.124. The summed E-state index contributed by atoms with van der Waals surface area (Å²) < 4.78 is 5.07. The molecule has 0 amide bonds. The maximum absolute atomic E-state index is 10.8. The zero-order valence-corrected chi connectivity index (χ0v) is 12.5. The lowest BCUT2D eigenvalue weighted by Gasteiger charge is -2.24. The molecule has 19 heavy (non-hydrogen) atoms. The number of carbonyl (C=O) groups excluding carboxylic acids is 1. The first kappa shape index (κ1) is 15.8. The van der Waals surface area contributed by atoms with Gasteiger partial charge < -0.3 is 4.74 Å². The monoisotopic (exact) mass is 278 g/mol. The Morgan fingerprint density at radius 2 is 2.00 bits per heavy atom. The molecule has 0 saturated carbocycles. The van der Waals surface area contributed by atoms with Gasteiger partial charge in [-0.05, 0) is 38.0 Å². The number of benzene rings is 1. The van der Waals surface area contributed by atoms with Gasteiger partial charge >= 0.3 is 5.97 Å². The van der Waals surface area contributed by atoms with Crippen LogP contribution in [0.1, 0.15) is 32.3 Å². The molecule has 0 fully saturated rings. The molecule has 0 spiro atoms. The lowest BCUT2D eigenvalue weighted by molar-refractivity contribution is -0.137. The van der Waals surface area contributed by atoms with Crippen molar-refractivity contribution in [2.24, 2.45) is 0 Å². The lowest BCUT2D eigenvalue weighted by atomic mass is 10.0. The van der Waals surface area contributed by atoms with Gasteiger partial charge in [-0.15, -0.1) is 0 Å². The molecule has 0 saturated heterocycles. The van der Waals surface area contributed by atoms with Crippen molar-refractivity contribution < 1.29 is 9.53 Å². The highest BCUT2D eigenvalue weighted by Gasteiger charge is 2.19. The fourth-order valence-electron chi connectivity index (χ4n) is 1.69. The molecule has 0 radical (unpaired) electrons. The maximum atomic E-state index is 10.8. The van der Waals surface area contributed by atoms with E-state index in [1.54, 1.807) is 0 Å². The highest BCUT2D eigenvalue weighted by molar-refractivity contribution is 8.00. The molecule has 2 nitrogen and oxygen atoms in total. The van der Waals surface area contributed by atoms with E-state index in [0.717, 1.165) is 18.6 Å². The number of carbonyl (C=O) groups is 1. The van der Waals surface area contributed by atoms with Crippen LogP contribution < -0.4 is 0 Å².